The first-order valence-electron chi connectivity index (χ1n) is 7.06. The van der Waals surface area contributed by atoms with Gasteiger partial charge in [0.05, 0.1) is 6.10 Å². The van der Waals surface area contributed by atoms with E-state index >= 15 is 0 Å². The molecule has 0 heterocycles. The highest BCUT2D eigenvalue weighted by atomic mass is 16.5. The first kappa shape index (κ1) is 12.6. The van der Waals surface area contributed by atoms with Crippen molar-refractivity contribution in [2.24, 2.45) is 0 Å². The molecule has 1 saturated carbocycles. The van der Waals surface area contributed by atoms with E-state index in [4.69, 9.17) is 4.74 Å². The Morgan fingerprint density at radius 2 is 1.76 bits per heavy atom. The molecule has 0 aliphatic heterocycles. The Labute approximate surface area is 105 Å². The molecule has 0 spiro atoms. The first-order valence-corrected chi connectivity index (χ1v) is 7.06. The maximum absolute atomic E-state index is 5.91. The zero-order valence-corrected chi connectivity index (χ0v) is 10.9. The summed E-state index contributed by atoms with van der Waals surface area (Å²) in [5, 5.41) is 0. The molecule has 1 aromatic rings. The molecule has 0 N–H and O–H groups in total. The predicted octanol–water partition coefficient (Wildman–Crippen LogP) is 4.53. The summed E-state index contributed by atoms with van der Waals surface area (Å²) in [6, 6.07) is 10.9. The second kappa shape index (κ2) is 6.80. The van der Waals surface area contributed by atoms with Gasteiger partial charge in [0.1, 0.15) is 0 Å². The molecule has 17 heavy (non-hydrogen) atoms. The van der Waals surface area contributed by atoms with Gasteiger partial charge in [-0.1, -0.05) is 43.7 Å². The molecule has 0 aromatic heterocycles. The van der Waals surface area contributed by atoms with E-state index in [2.05, 4.69) is 37.3 Å². The minimum absolute atomic E-state index is 0.529. The van der Waals surface area contributed by atoms with E-state index < -0.39 is 0 Å². The Bertz CT molecular complexity index is 299. The van der Waals surface area contributed by atoms with E-state index in [0.717, 1.165) is 12.5 Å². The molecule has 1 fully saturated rings. The third-order valence-corrected chi connectivity index (χ3v) is 3.80. The maximum atomic E-state index is 5.91. The van der Waals surface area contributed by atoms with E-state index in [-0.39, 0.29) is 0 Å². The summed E-state index contributed by atoms with van der Waals surface area (Å²) in [4.78, 5) is 0. The number of hydrogen-bond donors (Lipinski definition) is 0. The second-order valence-corrected chi connectivity index (χ2v) is 5.11. The molecule has 2 rings (SSSR count). The Balaban J connectivity index is 1.74. The minimum atomic E-state index is 0.529. The Morgan fingerprint density at radius 1 is 1.06 bits per heavy atom. The predicted molar refractivity (Wildman–Crippen MR) is 72.3 cm³/mol. The molecular weight excluding hydrogens is 208 g/mol. The van der Waals surface area contributed by atoms with Crippen LogP contribution in [0.5, 0.6) is 0 Å². The van der Waals surface area contributed by atoms with Crippen LogP contribution in [0.1, 0.15) is 56.9 Å². The molecular formula is C16H24O. The van der Waals surface area contributed by atoms with Gasteiger partial charge in [0.2, 0.25) is 0 Å². The topological polar surface area (TPSA) is 9.23 Å². The van der Waals surface area contributed by atoms with Crippen LogP contribution in [0, 0.1) is 0 Å². The largest absolute Gasteiger partial charge is 0.378 e. The molecule has 0 bridgehead atoms. The summed E-state index contributed by atoms with van der Waals surface area (Å²) in [5.41, 5.74) is 1.51. The van der Waals surface area contributed by atoms with Gasteiger partial charge in [-0.25, -0.2) is 0 Å². The highest BCUT2D eigenvalue weighted by Gasteiger charge is 2.22. The second-order valence-electron chi connectivity index (χ2n) is 5.11. The lowest BCUT2D eigenvalue weighted by Gasteiger charge is -2.28. The van der Waals surface area contributed by atoms with E-state index in [1.54, 1.807) is 0 Å². The van der Waals surface area contributed by atoms with Crippen molar-refractivity contribution in [3.8, 4) is 0 Å². The van der Waals surface area contributed by atoms with Crippen molar-refractivity contribution in [2.75, 3.05) is 6.61 Å². The zero-order chi connectivity index (χ0) is 11.9. The van der Waals surface area contributed by atoms with Crippen molar-refractivity contribution in [2.45, 2.75) is 57.5 Å². The smallest absolute Gasteiger partial charge is 0.0575 e. The van der Waals surface area contributed by atoms with Gasteiger partial charge in [-0.2, -0.15) is 0 Å². The van der Waals surface area contributed by atoms with Crippen LogP contribution in [0.15, 0.2) is 30.3 Å². The fourth-order valence-corrected chi connectivity index (χ4v) is 2.68. The minimum Gasteiger partial charge on any atom is -0.378 e. The van der Waals surface area contributed by atoms with Gasteiger partial charge in [0.25, 0.3) is 0 Å². The van der Waals surface area contributed by atoms with Gasteiger partial charge < -0.3 is 4.74 Å². The molecule has 1 heteroatoms. The third kappa shape index (κ3) is 3.85. The number of hydrogen-bond acceptors (Lipinski definition) is 1. The van der Waals surface area contributed by atoms with Crippen LogP contribution in [0.2, 0.25) is 0 Å². The summed E-state index contributed by atoms with van der Waals surface area (Å²) in [7, 11) is 0. The van der Waals surface area contributed by atoms with Crippen LogP contribution < -0.4 is 0 Å². The van der Waals surface area contributed by atoms with Crippen LogP contribution in [0.25, 0.3) is 0 Å². The Hall–Kier alpha value is -0.820. The van der Waals surface area contributed by atoms with Crippen molar-refractivity contribution in [3.05, 3.63) is 35.9 Å². The van der Waals surface area contributed by atoms with Gasteiger partial charge in [0.15, 0.2) is 0 Å². The van der Waals surface area contributed by atoms with Crippen LogP contribution in [-0.4, -0.2) is 12.7 Å². The summed E-state index contributed by atoms with van der Waals surface area (Å²) in [6.45, 7) is 3.17. The normalized spacial score (nSPS) is 24.8. The lowest BCUT2D eigenvalue weighted by atomic mass is 9.83. The van der Waals surface area contributed by atoms with Crippen molar-refractivity contribution in [1.29, 1.82) is 0 Å². The SMILES string of the molecule is CCCCOC1CCC(c2ccccc2)CC1. The van der Waals surface area contributed by atoms with Gasteiger partial charge in [-0.15, -0.1) is 0 Å². The molecule has 94 valence electrons. The van der Waals surface area contributed by atoms with E-state index in [1.165, 1.54) is 44.1 Å². The Kier molecular flexibility index (Phi) is 5.06. The number of unbranched alkanes of at least 4 members (excludes halogenated alkanes) is 1. The van der Waals surface area contributed by atoms with Crippen LogP contribution in [0.3, 0.4) is 0 Å². The molecule has 0 unspecified atom stereocenters. The molecule has 0 saturated heterocycles. The van der Waals surface area contributed by atoms with Crippen molar-refractivity contribution in [1.82, 2.24) is 0 Å². The van der Waals surface area contributed by atoms with E-state index in [0.29, 0.717) is 6.10 Å². The molecule has 0 radical (unpaired) electrons. The van der Waals surface area contributed by atoms with Crippen LogP contribution >= 0.6 is 0 Å². The van der Waals surface area contributed by atoms with E-state index in [9.17, 15) is 0 Å². The fraction of sp³-hybridized carbons (Fsp3) is 0.625. The Morgan fingerprint density at radius 3 is 2.41 bits per heavy atom. The third-order valence-electron chi connectivity index (χ3n) is 3.80. The summed E-state index contributed by atoms with van der Waals surface area (Å²) in [5.74, 6) is 0.766. The van der Waals surface area contributed by atoms with Gasteiger partial charge in [-0.3, -0.25) is 0 Å². The molecule has 1 aromatic carbocycles. The average molecular weight is 232 g/mol. The molecule has 0 atom stereocenters. The lowest BCUT2D eigenvalue weighted by molar-refractivity contribution is 0.0232. The fourth-order valence-electron chi connectivity index (χ4n) is 2.68. The highest BCUT2D eigenvalue weighted by molar-refractivity contribution is 5.19. The van der Waals surface area contributed by atoms with Crippen molar-refractivity contribution in [3.63, 3.8) is 0 Å². The maximum Gasteiger partial charge on any atom is 0.0575 e. The standard InChI is InChI=1S/C16H24O/c1-2-3-13-17-16-11-9-15(10-12-16)14-7-5-4-6-8-14/h4-8,15-16H,2-3,9-13H2,1H3. The zero-order valence-electron chi connectivity index (χ0n) is 10.9. The highest BCUT2D eigenvalue weighted by Crippen LogP contribution is 2.33. The molecule has 1 aliphatic rings. The first-order chi connectivity index (χ1) is 8.40. The average Bonchev–Trinajstić information content (AvgIpc) is 2.41. The van der Waals surface area contributed by atoms with Gasteiger partial charge in [-0.05, 0) is 43.6 Å². The van der Waals surface area contributed by atoms with Crippen molar-refractivity contribution < 1.29 is 4.74 Å². The van der Waals surface area contributed by atoms with E-state index in [1.807, 2.05) is 0 Å². The molecule has 1 nitrogen and oxygen atoms in total. The number of rotatable bonds is 5. The van der Waals surface area contributed by atoms with Crippen molar-refractivity contribution >= 4 is 0 Å². The summed E-state index contributed by atoms with van der Waals surface area (Å²) < 4.78 is 5.91. The number of ether oxygens (including phenoxy) is 1. The molecule has 0 amide bonds. The monoisotopic (exact) mass is 232 g/mol. The van der Waals surface area contributed by atoms with Gasteiger partial charge in [0, 0.05) is 6.61 Å². The molecule has 1 aliphatic carbocycles. The lowest BCUT2D eigenvalue weighted by Crippen LogP contribution is -2.21. The van der Waals surface area contributed by atoms with Crippen LogP contribution in [-0.2, 0) is 4.74 Å². The number of benzene rings is 1. The quantitative estimate of drug-likeness (QED) is 0.678. The van der Waals surface area contributed by atoms with Crippen LogP contribution in [0.4, 0.5) is 0 Å². The summed E-state index contributed by atoms with van der Waals surface area (Å²) in [6.07, 6.45) is 8.04. The summed E-state index contributed by atoms with van der Waals surface area (Å²) >= 11 is 0. The van der Waals surface area contributed by atoms with Gasteiger partial charge >= 0.3 is 0 Å².